The fourth-order valence-electron chi connectivity index (χ4n) is 6.36. The van der Waals surface area contributed by atoms with Crippen LogP contribution >= 0.6 is 7.82 Å². The minimum Gasteiger partial charge on any atom is -0.756 e. The van der Waals surface area contributed by atoms with Gasteiger partial charge in [-0.05, 0) is 12.8 Å². The summed E-state index contributed by atoms with van der Waals surface area (Å²) in [5.41, 5.74) is 0. The quantitative estimate of drug-likeness (QED) is 0.0261. The lowest BCUT2D eigenvalue weighted by Gasteiger charge is -2.28. The van der Waals surface area contributed by atoms with Crippen LogP contribution in [0.15, 0.2) is 0 Å². The maximum absolute atomic E-state index is 12.6. The van der Waals surface area contributed by atoms with Crippen molar-refractivity contribution in [3.8, 4) is 0 Å². The summed E-state index contributed by atoms with van der Waals surface area (Å²) in [4.78, 5) is 37.3. The van der Waals surface area contributed by atoms with Crippen molar-refractivity contribution in [1.82, 2.24) is 0 Å². The van der Waals surface area contributed by atoms with Gasteiger partial charge in [-0.15, -0.1) is 0 Å². The van der Waals surface area contributed by atoms with Crippen LogP contribution in [0.5, 0.6) is 0 Å². The monoisotopic (exact) mass is 776 g/mol. The summed E-state index contributed by atoms with van der Waals surface area (Å²) in [5.74, 6) is -0.826. The first kappa shape index (κ1) is 52.0. The average molecular weight is 776 g/mol. The predicted octanol–water partition coefficient (Wildman–Crippen LogP) is 11.8. The van der Waals surface area contributed by atoms with Crippen molar-refractivity contribution in [3.63, 3.8) is 0 Å². The second-order valence-electron chi connectivity index (χ2n) is 16.4. The first-order valence-corrected chi connectivity index (χ1v) is 23.7. The number of phosphoric ester groups is 1. The Morgan fingerprint density at radius 3 is 1.21 bits per heavy atom. The zero-order chi connectivity index (χ0) is 39.3. The summed E-state index contributed by atoms with van der Waals surface area (Å²) in [6.07, 6.45) is 35.7. The van der Waals surface area contributed by atoms with Gasteiger partial charge in [0.05, 0.1) is 27.7 Å². The summed E-state index contributed by atoms with van der Waals surface area (Å²) >= 11 is 0. The van der Waals surface area contributed by atoms with Crippen LogP contribution in [-0.2, 0) is 32.7 Å². The van der Waals surface area contributed by atoms with Gasteiger partial charge in [0.2, 0.25) is 0 Å². The normalized spacial score (nSPS) is 13.5. The maximum Gasteiger partial charge on any atom is 0.306 e. The lowest BCUT2D eigenvalue weighted by Crippen LogP contribution is -2.37. The van der Waals surface area contributed by atoms with Gasteiger partial charge in [-0.3, -0.25) is 14.2 Å². The fourth-order valence-corrected chi connectivity index (χ4v) is 7.09. The van der Waals surface area contributed by atoms with Gasteiger partial charge in [0.25, 0.3) is 7.82 Å². The maximum atomic E-state index is 12.6. The van der Waals surface area contributed by atoms with E-state index in [1.165, 1.54) is 148 Å². The van der Waals surface area contributed by atoms with Crippen molar-refractivity contribution >= 4 is 19.8 Å². The molecule has 0 aliphatic carbocycles. The van der Waals surface area contributed by atoms with E-state index < -0.39 is 26.5 Å². The van der Waals surface area contributed by atoms with Crippen LogP contribution in [0.2, 0.25) is 0 Å². The number of carbonyl (C=O) groups is 2. The van der Waals surface area contributed by atoms with E-state index in [2.05, 4.69) is 13.8 Å². The summed E-state index contributed by atoms with van der Waals surface area (Å²) < 4.78 is 33.8. The summed E-state index contributed by atoms with van der Waals surface area (Å²) in [7, 11) is 1.18. The molecule has 2 atom stereocenters. The van der Waals surface area contributed by atoms with Crippen LogP contribution in [0.3, 0.4) is 0 Å². The molecule has 0 saturated carbocycles. The number of carbonyl (C=O) groups excluding carboxylic acids is 2. The van der Waals surface area contributed by atoms with Gasteiger partial charge >= 0.3 is 11.9 Å². The molecule has 0 radical (unpaired) electrons. The number of rotatable bonds is 41. The van der Waals surface area contributed by atoms with Crippen molar-refractivity contribution in [2.75, 3.05) is 47.5 Å². The molecule has 9 nitrogen and oxygen atoms in total. The molecular weight excluding hydrogens is 689 g/mol. The van der Waals surface area contributed by atoms with Crippen molar-refractivity contribution in [1.29, 1.82) is 0 Å². The zero-order valence-corrected chi connectivity index (χ0v) is 36.4. The Kier molecular flexibility index (Phi) is 36.0. The number of esters is 2. The number of likely N-dealkylation sites (N-methyl/N-ethyl adjacent to an activating group) is 1. The van der Waals surface area contributed by atoms with Gasteiger partial charge < -0.3 is 27.9 Å². The molecule has 0 spiro atoms. The number of quaternary nitrogens is 1. The van der Waals surface area contributed by atoms with Crippen LogP contribution in [0.25, 0.3) is 0 Å². The van der Waals surface area contributed by atoms with Crippen LogP contribution in [0.4, 0.5) is 0 Å². The van der Waals surface area contributed by atoms with Crippen LogP contribution in [0.1, 0.15) is 213 Å². The van der Waals surface area contributed by atoms with Gasteiger partial charge in [0.1, 0.15) is 19.8 Å². The number of phosphoric acid groups is 1. The summed E-state index contributed by atoms with van der Waals surface area (Å²) in [6.45, 7) is 4.22. The molecule has 0 aliphatic heterocycles. The molecule has 1 unspecified atom stereocenters. The van der Waals surface area contributed by atoms with Crippen LogP contribution in [-0.4, -0.2) is 70.0 Å². The Bertz CT molecular complexity index is 881. The highest BCUT2D eigenvalue weighted by Crippen LogP contribution is 2.38. The highest BCUT2D eigenvalue weighted by atomic mass is 31.2. The predicted molar refractivity (Wildman–Crippen MR) is 218 cm³/mol. The van der Waals surface area contributed by atoms with Gasteiger partial charge in [0, 0.05) is 12.8 Å². The standard InChI is InChI=1S/C43H86NO8P/c1-6-8-10-12-14-16-17-18-19-20-21-22-23-24-25-26-27-28-30-32-34-36-43(46)52-41(40-51-53(47,48)50-38-37-44(3,4)5)39-49-42(45)35-33-31-29-15-13-11-9-7-2/h41H,6-40H2,1-5H3/t41-/m1/s1. The highest BCUT2D eigenvalue weighted by Gasteiger charge is 2.21. The Balaban J connectivity index is 4.16. The molecular formula is C43H86NO8P. The van der Waals surface area contributed by atoms with Gasteiger partial charge in [-0.2, -0.15) is 0 Å². The SMILES string of the molecule is CCCCCCCCCCCCCCCCCCCCCCCC(=O)O[C@H](COC(=O)CCCCCCCCCC)COP(=O)([O-])OCC[N+](C)(C)C. The van der Waals surface area contributed by atoms with Crippen LogP contribution in [0, 0.1) is 0 Å². The van der Waals surface area contributed by atoms with Crippen molar-refractivity contribution in [2.24, 2.45) is 0 Å². The number of hydrogen-bond donors (Lipinski definition) is 0. The van der Waals surface area contributed by atoms with E-state index in [0.717, 1.165) is 32.1 Å². The number of nitrogens with zero attached hydrogens (tertiary/aromatic N) is 1. The highest BCUT2D eigenvalue weighted by molar-refractivity contribution is 7.45. The number of unbranched alkanes of at least 4 members (excludes halogenated alkanes) is 27. The molecule has 0 heterocycles. The number of hydrogen-bond acceptors (Lipinski definition) is 8. The van der Waals surface area contributed by atoms with Crippen molar-refractivity contribution in [2.45, 2.75) is 219 Å². The van der Waals surface area contributed by atoms with Crippen LogP contribution < -0.4 is 4.89 Å². The summed E-state index contributed by atoms with van der Waals surface area (Å²) in [5, 5.41) is 0. The fraction of sp³-hybridized carbons (Fsp3) is 0.953. The Morgan fingerprint density at radius 1 is 0.509 bits per heavy atom. The lowest BCUT2D eigenvalue weighted by molar-refractivity contribution is -0.870. The van der Waals surface area contributed by atoms with E-state index in [1.807, 2.05) is 21.1 Å². The minimum atomic E-state index is -4.61. The third-order valence-corrected chi connectivity index (χ3v) is 10.8. The molecule has 0 aromatic rings. The molecule has 0 aromatic heterocycles. The first-order valence-electron chi connectivity index (χ1n) is 22.2. The Morgan fingerprint density at radius 2 is 0.849 bits per heavy atom. The molecule has 0 fully saturated rings. The molecule has 0 aliphatic rings. The average Bonchev–Trinajstić information content (AvgIpc) is 3.10. The lowest BCUT2D eigenvalue weighted by atomic mass is 10.0. The van der Waals surface area contributed by atoms with Gasteiger partial charge in [0.15, 0.2) is 6.10 Å². The van der Waals surface area contributed by atoms with E-state index in [1.54, 1.807) is 0 Å². The van der Waals surface area contributed by atoms with E-state index >= 15 is 0 Å². The van der Waals surface area contributed by atoms with Gasteiger partial charge in [-0.1, -0.05) is 187 Å². The van der Waals surface area contributed by atoms with Crippen molar-refractivity contribution in [3.05, 3.63) is 0 Å². The molecule has 53 heavy (non-hydrogen) atoms. The largest absolute Gasteiger partial charge is 0.756 e. The first-order chi connectivity index (χ1) is 25.5. The van der Waals surface area contributed by atoms with Crippen molar-refractivity contribution < 1.29 is 42.1 Å². The smallest absolute Gasteiger partial charge is 0.306 e. The molecule has 0 rings (SSSR count). The second kappa shape index (κ2) is 36.6. The van der Waals surface area contributed by atoms with E-state index in [0.29, 0.717) is 17.4 Å². The Labute approximate surface area is 327 Å². The molecule has 10 heteroatoms. The molecule has 0 saturated heterocycles. The zero-order valence-electron chi connectivity index (χ0n) is 35.5. The molecule has 316 valence electrons. The van der Waals surface area contributed by atoms with Gasteiger partial charge in [-0.25, -0.2) is 0 Å². The third kappa shape index (κ3) is 40.5. The molecule has 0 amide bonds. The summed E-state index contributed by atoms with van der Waals surface area (Å²) in [6, 6.07) is 0. The molecule has 0 N–H and O–H groups in total. The second-order valence-corrected chi connectivity index (χ2v) is 17.8. The minimum absolute atomic E-state index is 0.0260. The third-order valence-electron chi connectivity index (χ3n) is 9.88. The van der Waals surface area contributed by atoms with E-state index in [-0.39, 0.29) is 32.0 Å². The molecule has 0 aromatic carbocycles. The molecule has 0 bridgehead atoms. The van der Waals surface area contributed by atoms with E-state index in [9.17, 15) is 19.0 Å². The Hall–Kier alpha value is -0.990. The number of ether oxygens (including phenoxy) is 2. The topological polar surface area (TPSA) is 111 Å². The van der Waals surface area contributed by atoms with E-state index in [4.69, 9.17) is 18.5 Å².